The normalized spacial score (nSPS) is 11.3. The van der Waals surface area contributed by atoms with E-state index >= 15 is 0 Å². The van der Waals surface area contributed by atoms with Gasteiger partial charge in [0.2, 0.25) is 0 Å². The maximum absolute atomic E-state index is 10.7. The Bertz CT molecular complexity index is 653. The van der Waals surface area contributed by atoms with Crippen LogP contribution < -0.4 is 5.32 Å². The molecule has 1 heterocycles. The molecule has 2 rings (SSSR count). The summed E-state index contributed by atoms with van der Waals surface area (Å²) in [7, 11) is 2.00. The van der Waals surface area contributed by atoms with Crippen LogP contribution in [0.1, 0.15) is 18.1 Å². The van der Waals surface area contributed by atoms with E-state index in [-0.39, 0.29) is 5.69 Å². The average molecular weight is 332 g/mol. The van der Waals surface area contributed by atoms with E-state index in [9.17, 15) is 10.1 Å². The van der Waals surface area contributed by atoms with Crippen molar-refractivity contribution in [1.82, 2.24) is 10.2 Å². The number of nitro benzene ring substituents is 1. The van der Waals surface area contributed by atoms with E-state index in [1.807, 2.05) is 14.0 Å². The lowest BCUT2D eigenvalue weighted by atomic mass is 10.2. The summed E-state index contributed by atoms with van der Waals surface area (Å²) in [4.78, 5) is 16.9. The Morgan fingerprint density at radius 1 is 1.30 bits per heavy atom. The van der Waals surface area contributed by atoms with Crippen molar-refractivity contribution in [2.24, 2.45) is 4.99 Å². The topological polar surface area (TPSA) is 70.8 Å². The highest BCUT2D eigenvalue weighted by Gasteiger charge is 2.07. The van der Waals surface area contributed by atoms with Crippen molar-refractivity contribution >= 4 is 23.0 Å². The van der Waals surface area contributed by atoms with Crippen molar-refractivity contribution in [2.75, 3.05) is 13.6 Å². The molecule has 0 aliphatic heterocycles. The van der Waals surface area contributed by atoms with Crippen LogP contribution in [0.25, 0.3) is 0 Å². The van der Waals surface area contributed by atoms with Crippen molar-refractivity contribution in [2.45, 2.75) is 20.0 Å². The molecule has 1 aromatic heterocycles. The van der Waals surface area contributed by atoms with Crippen molar-refractivity contribution in [3.05, 3.63) is 62.3 Å². The Balaban J connectivity index is 2.03. The second-order valence-corrected chi connectivity index (χ2v) is 5.86. The molecule has 122 valence electrons. The van der Waals surface area contributed by atoms with Crippen molar-refractivity contribution in [1.29, 1.82) is 0 Å². The van der Waals surface area contributed by atoms with Crippen LogP contribution in [0.15, 0.2) is 46.1 Å². The third-order valence-electron chi connectivity index (χ3n) is 3.25. The summed E-state index contributed by atoms with van der Waals surface area (Å²) in [6.07, 6.45) is 0. The molecule has 1 aromatic carbocycles. The smallest absolute Gasteiger partial charge is 0.269 e. The fraction of sp³-hybridized carbons (Fsp3) is 0.312. The summed E-state index contributed by atoms with van der Waals surface area (Å²) in [5.41, 5.74) is 2.28. The molecule has 0 saturated carbocycles. The van der Waals surface area contributed by atoms with Gasteiger partial charge in [-0.1, -0.05) is 12.1 Å². The minimum absolute atomic E-state index is 0.0965. The summed E-state index contributed by atoms with van der Waals surface area (Å²) in [6.45, 7) is 4.08. The molecule has 0 fully saturated rings. The molecule has 0 aliphatic carbocycles. The first kappa shape index (κ1) is 17.0. The molecule has 0 saturated heterocycles. The predicted molar refractivity (Wildman–Crippen MR) is 93.7 cm³/mol. The van der Waals surface area contributed by atoms with Gasteiger partial charge in [-0.25, -0.2) is 4.99 Å². The standard InChI is InChI=1S/C16H20N4O2S/c1-3-17-16(19(2)11-14-8-9-23-12-14)18-10-13-4-6-15(7-5-13)20(21)22/h4-9,12H,3,10-11H2,1-2H3,(H,17,18). The Labute approximate surface area is 139 Å². The zero-order valence-corrected chi connectivity index (χ0v) is 14.0. The summed E-state index contributed by atoms with van der Waals surface area (Å²) in [6, 6.07) is 8.59. The summed E-state index contributed by atoms with van der Waals surface area (Å²) in [5.74, 6) is 0.817. The molecule has 0 amide bonds. The van der Waals surface area contributed by atoms with E-state index in [4.69, 9.17) is 0 Å². The number of nitro groups is 1. The molecule has 0 bridgehead atoms. The third-order valence-corrected chi connectivity index (χ3v) is 3.99. The minimum Gasteiger partial charge on any atom is -0.357 e. The Hall–Kier alpha value is -2.41. The molecular formula is C16H20N4O2S. The monoisotopic (exact) mass is 332 g/mol. The van der Waals surface area contributed by atoms with Gasteiger partial charge in [0.15, 0.2) is 5.96 Å². The van der Waals surface area contributed by atoms with E-state index in [2.05, 4.69) is 32.0 Å². The number of nitrogens with one attached hydrogen (secondary N) is 1. The van der Waals surface area contributed by atoms with Gasteiger partial charge in [-0.2, -0.15) is 11.3 Å². The van der Waals surface area contributed by atoms with E-state index in [1.165, 1.54) is 17.7 Å². The molecule has 0 aliphatic rings. The van der Waals surface area contributed by atoms with E-state index < -0.39 is 4.92 Å². The summed E-state index contributed by atoms with van der Waals surface area (Å²) in [5, 5.41) is 18.1. The highest BCUT2D eigenvalue weighted by atomic mass is 32.1. The number of non-ortho nitro benzene ring substituents is 1. The van der Waals surface area contributed by atoms with Gasteiger partial charge in [0.25, 0.3) is 5.69 Å². The van der Waals surface area contributed by atoms with Crippen molar-refractivity contribution in [3.8, 4) is 0 Å². The number of nitrogens with zero attached hydrogens (tertiary/aromatic N) is 3. The maximum atomic E-state index is 10.7. The molecule has 2 aromatic rings. The average Bonchev–Trinajstić information content (AvgIpc) is 3.04. The molecule has 1 N–H and O–H groups in total. The zero-order chi connectivity index (χ0) is 16.7. The second kappa shape index (κ2) is 8.28. The SMILES string of the molecule is CCNC(=NCc1ccc([N+](=O)[O-])cc1)N(C)Cc1ccsc1. The number of hydrogen-bond donors (Lipinski definition) is 1. The van der Waals surface area contributed by atoms with Crippen molar-refractivity contribution in [3.63, 3.8) is 0 Å². The van der Waals surface area contributed by atoms with Gasteiger partial charge in [0.05, 0.1) is 11.5 Å². The molecule has 0 radical (unpaired) electrons. The Morgan fingerprint density at radius 3 is 2.61 bits per heavy atom. The lowest BCUT2D eigenvalue weighted by Crippen LogP contribution is -2.38. The van der Waals surface area contributed by atoms with E-state index in [0.717, 1.165) is 24.6 Å². The van der Waals surface area contributed by atoms with Crippen LogP contribution in [0.5, 0.6) is 0 Å². The van der Waals surface area contributed by atoms with E-state index in [0.29, 0.717) is 6.54 Å². The number of thiophene rings is 1. The summed E-state index contributed by atoms with van der Waals surface area (Å²) < 4.78 is 0. The van der Waals surface area contributed by atoms with Gasteiger partial charge in [-0.05, 0) is 34.9 Å². The van der Waals surface area contributed by atoms with Crippen LogP contribution in [-0.2, 0) is 13.1 Å². The van der Waals surface area contributed by atoms with Crippen LogP contribution >= 0.6 is 11.3 Å². The first-order valence-corrected chi connectivity index (χ1v) is 8.28. The van der Waals surface area contributed by atoms with Crippen LogP contribution in [0.2, 0.25) is 0 Å². The minimum atomic E-state index is -0.397. The molecular weight excluding hydrogens is 312 g/mol. The van der Waals surface area contributed by atoms with E-state index in [1.54, 1.807) is 23.5 Å². The Kier molecular flexibility index (Phi) is 6.10. The molecule has 0 spiro atoms. The molecule has 23 heavy (non-hydrogen) atoms. The third kappa shape index (κ3) is 5.07. The first-order valence-electron chi connectivity index (χ1n) is 7.34. The largest absolute Gasteiger partial charge is 0.357 e. The van der Waals surface area contributed by atoms with Crippen LogP contribution in [0.4, 0.5) is 5.69 Å². The number of aliphatic imine (C=N–C) groups is 1. The lowest BCUT2D eigenvalue weighted by Gasteiger charge is -2.21. The van der Waals surface area contributed by atoms with Gasteiger partial charge in [-0.15, -0.1) is 0 Å². The fourth-order valence-electron chi connectivity index (χ4n) is 2.09. The lowest BCUT2D eigenvalue weighted by molar-refractivity contribution is -0.384. The number of rotatable bonds is 6. The highest BCUT2D eigenvalue weighted by Crippen LogP contribution is 2.13. The second-order valence-electron chi connectivity index (χ2n) is 5.08. The van der Waals surface area contributed by atoms with Crippen molar-refractivity contribution < 1.29 is 4.92 Å². The maximum Gasteiger partial charge on any atom is 0.269 e. The number of guanidine groups is 1. The van der Waals surface area contributed by atoms with Gasteiger partial charge in [-0.3, -0.25) is 10.1 Å². The van der Waals surface area contributed by atoms with Gasteiger partial charge >= 0.3 is 0 Å². The van der Waals surface area contributed by atoms with Gasteiger partial charge < -0.3 is 10.2 Å². The molecule has 7 heteroatoms. The van der Waals surface area contributed by atoms with Crippen LogP contribution in [-0.4, -0.2) is 29.4 Å². The molecule has 6 nitrogen and oxygen atoms in total. The van der Waals surface area contributed by atoms with Crippen LogP contribution in [0, 0.1) is 10.1 Å². The molecule has 0 unspecified atom stereocenters. The summed E-state index contributed by atoms with van der Waals surface area (Å²) >= 11 is 1.68. The predicted octanol–water partition coefficient (Wildman–Crippen LogP) is 3.25. The fourth-order valence-corrected chi connectivity index (χ4v) is 2.75. The highest BCUT2D eigenvalue weighted by molar-refractivity contribution is 7.07. The van der Waals surface area contributed by atoms with Gasteiger partial charge in [0.1, 0.15) is 0 Å². The van der Waals surface area contributed by atoms with Gasteiger partial charge in [0, 0.05) is 32.3 Å². The quantitative estimate of drug-likeness (QED) is 0.381. The van der Waals surface area contributed by atoms with Crippen LogP contribution in [0.3, 0.4) is 0 Å². The zero-order valence-electron chi connectivity index (χ0n) is 13.2. The number of hydrogen-bond acceptors (Lipinski definition) is 4. The Morgan fingerprint density at radius 2 is 2.04 bits per heavy atom. The first-order chi connectivity index (χ1) is 11.1. The molecule has 0 atom stereocenters. The number of benzene rings is 1.